The van der Waals surface area contributed by atoms with Crippen LogP contribution in [0, 0.1) is 0 Å². The lowest BCUT2D eigenvalue weighted by Crippen LogP contribution is -2.30. The minimum Gasteiger partial charge on any atom is -0.462 e. The Morgan fingerprint density at radius 2 is 0.542 bits per heavy atom. The number of carbonyl (C=O) groups excluding carboxylic acids is 3. The SMILES string of the molecule is CC/C=C\C/C=C\C/C=C\C/C=C\C/C=C\CCCCCC(=O)OC(COC(=O)CCCCCCCC)COC(=O)CCCCCCCCCCCCCCCCCCCCCCCCCCCCCCC. The van der Waals surface area contributed by atoms with Crippen LogP contribution in [0.3, 0.4) is 0 Å². The summed E-state index contributed by atoms with van der Waals surface area (Å²) in [5.74, 6) is -0.915. The Kier molecular flexibility index (Phi) is 58.2. The molecule has 0 aromatic rings. The molecule has 1 atom stereocenters. The molecular weight excluding hydrogens is 889 g/mol. The Bertz CT molecular complexity index is 1290. The molecule has 72 heavy (non-hydrogen) atoms. The van der Waals surface area contributed by atoms with Crippen molar-refractivity contribution in [2.24, 2.45) is 0 Å². The van der Waals surface area contributed by atoms with E-state index in [0.717, 1.165) is 96.3 Å². The summed E-state index contributed by atoms with van der Waals surface area (Å²) in [5, 5.41) is 0. The van der Waals surface area contributed by atoms with Crippen molar-refractivity contribution in [2.45, 2.75) is 329 Å². The van der Waals surface area contributed by atoms with Gasteiger partial charge in [0.05, 0.1) is 0 Å². The fourth-order valence-electron chi connectivity index (χ4n) is 9.12. The molecule has 418 valence electrons. The predicted octanol–water partition coefficient (Wildman–Crippen LogP) is 21.2. The van der Waals surface area contributed by atoms with Crippen LogP contribution in [0.25, 0.3) is 0 Å². The van der Waals surface area contributed by atoms with Crippen molar-refractivity contribution in [2.75, 3.05) is 13.2 Å². The third-order valence-corrected chi connectivity index (χ3v) is 13.8. The molecule has 0 fully saturated rings. The number of esters is 3. The predicted molar refractivity (Wildman–Crippen MR) is 312 cm³/mol. The molecule has 0 heterocycles. The van der Waals surface area contributed by atoms with Crippen LogP contribution in [0.1, 0.15) is 323 Å². The molecule has 6 heteroatoms. The summed E-state index contributed by atoms with van der Waals surface area (Å²) in [7, 11) is 0. The zero-order valence-electron chi connectivity index (χ0n) is 47.9. The standard InChI is InChI=1S/C66H118O6/c1-4-7-10-13-16-18-20-22-24-26-28-29-30-31-32-33-34-35-36-37-39-40-42-44-46-48-50-53-56-59-65(68)71-62-63(61-70-64(67)58-55-52-15-12-9-6-3)72-66(69)60-57-54-51-49-47-45-43-41-38-27-25-23-21-19-17-14-11-8-5-2/h8,11,17,19,23,25,38,41,45,47,63H,4-7,9-10,12-16,18,20-22,24,26-37,39-40,42-44,46,48-62H2,1-3H3/b11-8-,19-17-,25-23-,41-38-,47-45-. The largest absolute Gasteiger partial charge is 0.462 e. The van der Waals surface area contributed by atoms with E-state index in [1.54, 1.807) is 0 Å². The highest BCUT2D eigenvalue weighted by atomic mass is 16.6. The number of allylic oxidation sites excluding steroid dienone is 10. The molecule has 0 N–H and O–H groups in total. The van der Waals surface area contributed by atoms with Gasteiger partial charge >= 0.3 is 17.9 Å². The van der Waals surface area contributed by atoms with E-state index in [-0.39, 0.29) is 31.1 Å². The van der Waals surface area contributed by atoms with Crippen molar-refractivity contribution in [1.82, 2.24) is 0 Å². The lowest BCUT2D eigenvalue weighted by atomic mass is 10.0. The van der Waals surface area contributed by atoms with E-state index in [2.05, 4.69) is 81.5 Å². The first kappa shape index (κ1) is 69.1. The summed E-state index contributed by atoms with van der Waals surface area (Å²) in [6, 6.07) is 0. The lowest BCUT2D eigenvalue weighted by molar-refractivity contribution is -0.167. The Balaban J connectivity index is 4.05. The zero-order valence-corrected chi connectivity index (χ0v) is 47.9. The van der Waals surface area contributed by atoms with Gasteiger partial charge in [0.2, 0.25) is 0 Å². The van der Waals surface area contributed by atoms with Crippen molar-refractivity contribution in [3.63, 3.8) is 0 Å². The van der Waals surface area contributed by atoms with Gasteiger partial charge in [0, 0.05) is 19.3 Å². The molecule has 1 unspecified atom stereocenters. The van der Waals surface area contributed by atoms with E-state index in [4.69, 9.17) is 14.2 Å². The van der Waals surface area contributed by atoms with E-state index in [1.807, 2.05) is 0 Å². The van der Waals surface area contributed by atoms with Crippen molar-refractivity contribution < 1.29 is 28.6 Å². The molecular formula is C66H118O6. The highest BCUT2D eigenvalue weighted by Crippen LogP contribution is 2.18. The van der Waals surface area contributed by atoms with Gasteiger partial charge < -0.3 is 14.2 Å². The second-order valence-corrected chi connectivity index (χ2v) is 21.0. The zero-order chi connectivity index (χ0) is 52.2. The second-order valence-electron chi connectivity index (χ2n) is 21.0. The van der Waals surface area contributed by atoms with E-state index in [0.29, 0.717) is 19.3 Å². The molecule has 6 nitrogen and oxygen atoms in total. The summed E-state index contributed by atoms with van der Waals surface area (Å²) in [4.78, 5) is 37.9. The van der Waals surface area contributed by atoms with Crippen LogP contribution >= 0.6 is 0 Å². The average molecular weight is 1010 g/mol. The minimum atomic E-state index is -0.787. The molecule has 0 saturated heterocycles. The quantitative estimate of drug-likeness (QED) is 0.0261. The van der Waals surface area contributed by atoms with E-state index in [9.17, 15) is 14.4 Å². The van der Waals surface area contributed by atoms with Crippen LogP contribution in [0.5, 0.6) is 0 Å². The van der Waals surface area contributed by atoms with Crippen molar-refractivity contribution in [3.05, 3.63) is 60.8 Å². The molecule has 0 aliphatic carbocycles. The third kappa shape index (κ3) is 58.0. The first-order chi connectivity index (χ1) is 35.5. The number of unbranched alkanes of at least 4 members (excludes halogenated alkanes) is 36. The molecule has 0 aliphatic heterocycles. The maximum Gasteiger partial charge on any atom is 0.306 e. The van der Waals surface area contributed by atoms with Gasteiger partial charge in [-0.15, -0.1) is 0 Å². The van der Waals surface area contributed by atoms with Crippen LogP contribution in [0.2, 0.25) is 0 Å². The molecule has 0 radical (unpaired) electrons. The summed E-state index contributed by atoms with van der Waals surface area (Å²) in [5.41, 5.74) is 0. The first-order valence-electron chi connectivity index (χ1n) is 31.3. The van der Waals surface area contributed by atoms with Crippen LogP contribution in [-0.2, 0) is 28.6 Å². The maximum absolute atomic E-state index is 12.8. The fraction of sp³-hybridized carbons (Fsp3) is 0.803. The number of carbonyl (C=O) groups is 3. The van der Waals surface area contributed by atoms with Crippen molar-refractivity contribution in [3.8, 4) is 0 Å². The first-order valence-corrected chi connectivity index (χ1v) is 31.3. The summed E-state index contributed by atoms with van der Waals surface area (Å²) in [6.07, 6.45) is 77.1. The van der Waals surface area contributed by atoms with Crippen LogP contribution in [0.4, 0.5) is 0 Å². The molecule has 0 saturated carbocycles. The van der Waals surface area contributed by atoms with Gasteiger partial charge in [0.15, 0.2) is 6.10 Å². The number of ether oxygens (including phenoxy) is 3. The number of rotatable bonds is 57. The number of hydrogen-bond donors (Lipinski definition) is 0. The van der Waals surface area contributed by atoms with Gasteiger partial charge in [-0.05, 0) is 64.2 Å². The van der Waals surface area contributed by atoms with Gasteiger partial charge in [0.25, 0.3) is 0 Å². The summed E-state index contributed by atoms with van der Waals surface area (Å²) in [6.45, 7) is 6.48. The Morgan fingerprint density at radius 1 is 0.292 bits per heavy atom. The van der Waals surface area contributed by atoms with Crippen LogP contribution in [0.15, 0.2) is 60.8 Å². The molecule has 0 aliphatic rings. The average Bonchev–Trinajstić information content (AvgIpc) is 3.38. The normalized spacial score (nSPS) is 12.4. The minimum absolute atomic E-state index is 0.0848. The molecule has 0 aromatic carbocycles. The summed E-state index contributed by atoms with van der Waals surface area (Å²) >= 11 is 0. The number of hydrogen-bond acceptors (Lipinski definition) is 6. The third-order valence-electron chi connectivity index (χ3n) is 13.8. The van der Waals surface area contributed by atoms with Gasteiger partial charge in [-0.25, -0.2) is 0 Å². The highest BCUT2D eigenvalue weighted by molar-refractivity contribution is 5.71. The van der Waals surface area contributed by atoms with Crippen molar-refractivity contribution >= 4 is 17.9 Å². The van der Waals surface area contributed by atoms with Gasteiger partial charge in [-0.3, -0.25) is 14.4 Å². The molecule has 0 spiro atoms. The lowest BCUT2D eigenvalue weighted by Gasteiger charge is -2.18. The molecule has 0 bridgehead atoms. The van der Waals surface area contributed by atoms with Gasteiger partial charge in [0.1, 0.15) is 13.2 Å². The van der Waals surface area contributed by atoms with Gasteiger partial charge in [-0.2, -0.15) is 0 Å². The van der Waals surface area contributed by atoms with E-state index in [1.165, 1.54) is 186 Å². The van der Waals surface area contributed by atoms with E-state index >= 15 is 0 Å². The Hall–Kier alpha value is -2.89. The molecule has 0 rings (SSSR count). The smallest absolute Gasteiger partial charge is 0.306 e. The van der Waals surface area contributed by atoms with Crippen LogP contribution < -0.4 is 0 Å². The fourth-order valence-corrected chi connectivity index (χ4v) is 9.12. The van der Waals surface area contributed by atoms with Crippen LogP contribution in [-0.4, -0.2) is 37.2 Å². The Morgan fingerprint density at radius 3 is 0.847 bits per heavy atom. The monoisotopic (exact) mass is 1010 g/mol. The molecule has 0 amide bonds. The molecule has 0 aromatic heterocycles. The topological polar surface area (TPSA) is 78.9 Å². The van der Waals surface area contributed by atoms with Crippen molar-refractivity contribution in [1.29, 1.82) is 0 Å². The summed E-state index contributed by atoms with van der Waals surface area (Å²) < 4.78 is 16.8. The maximum atomic E-state index is 12.8. The van der Waals surface area contributed by atoms with Gasteiger partial charge in [-0.1, -0.05) is 300 Å². The second kappa shape index (κ2) is 60.7. The van der Waals surface area contributed by atoms with E-state index < -0.39 is 6.10 Å². The Labute approximate surface area is 447 Å². The highest BCUT2D eigenvalue weighted by Gasteiger charge is 2.19.